The Labute approximate surface area is 169 Å². The topological polar surface area (TPSA) is 103 Å². The Hall–Kier alpha value is -3.53. The number of aromatic nitrogens is 3. The number of nitro groups is 1. The highest BCUT2D eigenvalue weighted by Crippen LogP contribution is 2.26. The molecule has 0 fully saturated rings. The van der Waals surface area contributed by atoms with Crippen LogP contribution in [0.2, 0.25) is 0 Å². The van der Waals surface area contributed by atoms with Gasteiger partial charge in [-0.25, -0.2) is 4.39 Å². The van der Waals surface area contributed by atoms with Gasteiger partial charge in [0.05, 0.1) is 16.4 Å². The molecule has 0 aliphatic carbocycles. The normalized spacial score (nSPS) is 10.5. The summed E-state index contributed by atoms with van der Waals surface area (Å²) in [6, 6.07) is 11.8. The first-order valence-electron chi connectivity index (χ1n) is 8.45. The Morgan fingerprint density at radius 3 is 2.62 bits per heavy atom. The summed E-state index contributed by atoms with van der Waals surface area (Å²) in [4.78, 5) is 22.5. The molecule has 10 heteroatoms. The first-order chi connectivity index (χ1) is 14.0. The zero-order valence-corrected chi connectivity index (χ0v) is 15.9. The van der Waals surface area contributed by atoms with Gasteiger partial charge in [0.1, 0.15) is 5.82 Å². The highest BCUT2D eigenvalue weighted by molar-refractivity contribution is 7.99. The van der Waals surface area contributed by atoms with E-state index in [1.54, 1.807) is 28.8 Å². The molecule has 3 rings (SSSR count). The summed E-state index contributed by atoms with van der Waals surface area (Å²) in [5, 5.41) is 22.0. The Morgan fingerprint density at radius 1 is 1.24 bits per heavy atom. The molecule has 0 bridgehead atoms. The number of thioether (sulfide) groups is 1. The molecule has 0 saturated carbocycles. The van der Waals surface area contributed by atoms with Gasteiger partial charge in [-0.2, -0.15) is 0 Å². The lowest BCUT2D eigenvalue weighted by Crippen LogP contribution is -2.15. The number of nitrogens with one attached hydrogen (secondary N) is 1. The number of hydrogen-bond donors (Lipinski definition) is 1. The number of hydrogen-bond acceptors (Lipinski definition) is 6. The van der Waals surface area contributed by atoms with E-state index in [9.17, 15) is 19.3 Å². The van der Waals surface area contributed by atoms with Crippen molar-refractivity contribution in [2.24, 2.45) is 0 Å². The van der Waals surface area contributed by atoms with E-state index in [0.29, 0.717) is 23.1 Å². The highest BCUT2D eigenvalue weighted by Gasteiger charge is 2.16. The molecule has 1 N–H and O–H groups in total. The molecule has 2 aromatic carbocycles. The molecule has 0 aliphatic rings. The van der Waals surface area contributed by atoms with Gasteiger partial charge >= 0.3 is 0 Å². The van der Waals surface area contributed by atoms with Gasteiger partial charge in [0, 0.05) is 24.2 Å². The Morgan fingerprint density at radius 2 is 1.97 bits per heavy atom. The standard InChI is InChI=1S/C19H16FN5O3S/c1-2-11-24-18(13-7-9-14(10-8-13)25(27)28)22-23-19(24)29-12-17(26)21-16-6-4-3-5-15(16)20/h2-10H,1,11-12H2,(H,21,26). The molecule has 0 unspecified atom stereocenters. The van der Waals surface area contributed by atoms with Gasteiger partial charge in [-0.1, -0.05) is 30.0 Å². The van der Waals surface area contributed by atoms with Crippen LogP contribution in [0.15, 0.2) is 66.3 Å². The number of carbonyl (C=O) groups is 1. The van der Waals surface area contributed by atoms with E-state index < -0.39 is 10.7 Å². The minimum atomic E-state index is -0.513. The molecule has 1 aromatic heterocycles. The van der Waals surface area contributed by atoms with Crippen LogP contribution in [-0.4, -0.2) is 31.3 Å². The second-order valence-electron chi connectivity index (χ2n) is 5.83. The van der Waals surface area contributed by atoms with Crippen molar-refractivity contribution in [3.63, 3.8) is 0 Å². The average Bonchev–Trinajstić information content (AvgIpc) is 3.11. The molecule has 0 spiro atoms. The quantitative estimate of drug-likeness (QED) is 0.260. The van der Waals surface area contributed by atoms with E-state index in [0.717, 1.165) is 11.8 Å². The van der Waals surface area contributed by atoms with Crippen LogP contribution in [0.5, 0.6) is 0 Å². The van der Waals surface area contributed by atoms with Crippen molar-refractivity contribution in [2.75, 3.05) is 11.1 Å². The number of halogens is 1. The number of allylic oxidation sites excluding steroid dienone is 1. The van der Waals surface area contributed by atoms with Crippen LogP contribution in [-0.2, 0) is 11.3 Å². The van der Waals surface area contributed by atoms with Gasteiger partial charge in [0.15, 0.2) is 11.0 Å². The van der Waals surface area contributed by atoms with Crippen LogP contribution in [0.25, 0.3) is 11.4 Å². The summed E-state index contributed by atoms with van der Waals surface area (Å²) < 4.78 is 15.4. The number of rotatable bonds is 8. The molecule has 1 amide bonds. The van der Waals surface area contributed by atoms with Crippen molar-refractivity contribution in [3.05, 3.63) is 77.1 Å². The Balaban J connectivity index is 1.74. The van der Waals surface area contributed by atoms with Crippen molar-refractivity contribution in [3.8, 4) is 11.4 Å². The first kappa shape index (κ1) is 20.2. The van der Waals surface area contributed by atoms with Gasteiger partial charge in [-0.3, -0.25) is 19.5 Å². The second kappa shape index (κ2) is 9.11. The number of amides is 1. The van der Waals surface area contributed by atoms with E-state index in [1.165, 1.54) is 30.3 Å². The number of anilines is 1. The van der Waals surface area contributed by atoms with Crippen molar-refractivity contribution in [1.29, 1.82) is 0 Å². The summed E-state index contributed by atoms with van der Waals surface area (Å²) in [5.41, 5.74) is 0.729. The summed E-state index contributed by atoms with van der Waals surface area (Å²) >= 11 is 1.14. The van der Waals surface area contributed by atoms with E-state index in [2.05, 4.69) is 22.1 Å². The molecule has 0 aliphatic heterocycles. The zero-order chi connectivity index (χ0) is 20.8. The lowest BCUT2D eigenvalue weighted by molar-refractivity contribution is -0.384. The smallest absolute Gasteiger partial charge is 0.269 e. The van der Waals surface area contributed by atoms with Gasteiger partial charge in [0.2, 0.25) is 5.91 Å². The van der Waals surface area contributed by atoms with Crippen LogP contribution in [0.3, 0.4) is 0 Å². The minimum absolute atomic E-state index is 0.00384. The molecule has 0 radical (unpaired) electrons. The third-order valence-corrected chi connectivity index (χ3v) is 4.81. The zero-order valence-electron chi connectivity index (χ0n) is 15.1. The highest BCUT2D eigenvalue weighted by atomic mass is 32.2. The second-order valence-corrected chi connectivity index (χ2v) is 6.77. The predicted molar refractivity (Wildman–Crippen MR) is 108 cm³/mol. The van der Waals surface area contributed by atoms with Crippen LogP contribution in [0, 0.1) is 15.9 Å². The third-order valence-electron chi connectivity index (χ3n) is 3.85. The number of carbonyl (C=O) groups excluding carboxylic acids is 1. The fourth-order valence-corrected chi connectivity index (χ4v) is 3.26. The number of nitro benzene ring substituents is 1. The van der Waals surface area contributed by atoms with Crippen LogP contribution < -0.4 is 5.32 Å². The fourth-order valence-electron chi connectivity index (χ4n) is 2.51. The molecule has 3 aromatic rings. The lowest BCUT2D eigenvalue weighted by Gasteiger charge is -2.08. The molecular weight excluding hydrogens is 397 g/mol. The maximum absolute atomic E-state index is 13.6. The lowest BCUT2D eigenvalue weighted by atomic mass is 10.2. The number of para-hydroxylation sites is 1. The fraction of sp³-hybridized carbons (Fsp3) is 0.105. The molecule has 0 saturated heterocycles. The average molecular weight is 413 g/mol. The molecule has 148 valence electrons. The molecule has 1 heterocycles. The molecule has 29 heavy (non-hydrogen) atoms. The van der Waals surface area contributed by atoms with Crippen molar-refractivity contribution in [1.82, 2.24) is 14.8 Å². The summed E-state index contributed by atoms with van der Waals surface area (Å²) in [5.74, 6) is -0.396. The monoisotopic (exact) mass is 413 g/mol. The number of nitrogens with zero attached hydrogens (tertiary/aromatic N) is 4. The number of non-ortho nitro benzene ring substituents is 1. The van der Waals surface area contributed by atoms with Crippen molar-refractivity contribution < 1.29 is 14.1 Å². The first-order valence-corrected chi connectivity index (χ1v) is 9.44. The van der Waals surface area contributed by atoms with E-state index in [4.69, 9.17) is 0 Å². The maximum Gasteiger partial charge on any atom is 0.269 e. The summed E-state index contributed by atoms with van der Waals surface area (Å²) in [7, 11) is 0. The Bertz CT molecular complexity index is 1050. The predicted octanol–water partition coefficient (Wildman–Crippen LogP) is 3.91. The SMILES string of the molecule is C=CCn1c(SCC(=O)Nc2ccccc2F)nnc1-c1ccc([N+](=O)[O-])cc1. The maximum atomic E-state index is 13.6. The van der Waals surface area contributed by atoms with E-state index >= 15 is 0 Å². The molecule has 0 atom stereocenters. The van der Waals surface area contributed by atoms with Crippen LogP contribution in [0.4, 0.5) is 15.8 Å². The van der Waals surface area contributed by atoms with Crippen molar-refractivity contribution >= 4 is 29.0 Å². The van der Waals surface area contributed by atoms with Crippen LogP contribution >= 0.6 is 11.8 Å². The summed E-state index contributed by atoms with van der Waals surface area (Å²) in [6.07, 6.45) is 1.65. The Kier molecular flexibility index (Phi) is 6.35. The van der Waals surface area contributed by atoms with Gasteiger partial charge < -0.3 is 5.32 Å². The largest absolute Gasteiger partial charge is 0.323 e. The summed E-state index contributed by atoms with van der Waals surface area (Å²) in [6.45, 7) is 4.10. The third kappa shape index (κ3) is 4.85. The molecule has 8 nitrogen and oxygen atoms in total. The minimum Gasteiger partial charge on any atom is -0.323 e. The van der Waals surface area contributed by atoms with Gasteiger partial charge in [-0.05, 0) is 24.3 Å². The van der Waals surface area contributed by atoms with Gasteiger partial charge in [-0.15, -0.1) is 16.8 Å². The molecular formula is C19H16FN5O3S. The van der Waals surface area contributed by atoms with E-state index in [-0.39, 0.29) is 23.0 Å². The number of benzene rings is 2. The van der Waals surface area contributed by atoms with Crippen LogP contribution in [0.1, 0.15) is 0 Å². The van der Waals surface area contributed by atoms with Crippen molar-refractivity contribution in [2.45, 2.75) is 11.7 Å². The van der Waals surface area contributed by atoms with Gasteiger partial charge in [0.25, 0.3) is 5.69 Å². The van der Waals surface area contributed by atoms with E-state index in [1.807, 2.05) is 0 Å².